The van der Waals surface area contributed by atoms with E-state index in [-0.39, 0.29) is 6.10 Å². The molecule has 0 aliphatic carbocycles. The van der Waals surface area contributed by atoms with Crippen molar-refractivity contribution in [1.29, 1.82) is 0 Å². The van der Waals surface area contributed by atoms with Crippen LogP contribution in [0.3, 0.4) is 0 Å². The first kappa shape index (κ1) is 16.0. The van der Waals surface area contributed by atoms with Gasteiger partial charge >= 0.3 is 0 Å². The summed E-state index contributed by atoms with van der Waals surface area (Å²) in [6.07, 6.45) is -0.284. The molecular formula is C18H20N4O3. The van der Waals surface area contributed by atoms with Crippen LogP contribution >= 0.6 is 0 Å². The highest BCUT2D eigenvalue weighted by atomic mass is 16.6. The van der Waals surface area contributed by atoms with E-state index >= 15 is 0 Å². The number of aryl methyl sites for hydroxylation is 2. The molecule has 1 aliphatic heterocycles. The summed E-state index contributed by atoms with van der Waals surface area (Å²) >= 11 is 0. The summed E-state index contributed by atoms with van der Waals surface area (Å²) in [5.41, 5.74) is 4.20. The van der Waals surface area contributed by atoms with Crippen molar-refractivity contribution in [1.82, 2.24) is 19.9 Å². The lowest BCUT2D eigenvalue weighted by Crippen LogP contribution is -2.22. The van der Waals surface area contributed by atoms with Gasteiger partial charge in [-0.25, -0.2) is 0 Å². The molecule has 1 fully saturated rings. The lowest BCUT2D eigenvalue weighted by molar-refractivity contribution is -0.101. The van der Waals surface area contributed by atoms with Gasteiger partial charge in [0, 0.05) is 11.3 Å². The number of ether oxygens (including phenoxy) is 2. The highest BCUT2D eigenvalue weighted by Crippen LogP contribution is 2.23. The van der Waals surface area contributed by atoms with Crippen LogP contribution in [0.15, 0.2) is 34.9 Å². The molecule has 25 heavy (non-hydrogen) atoms. The number of aromatic nitrogens is 4. The maximum atomic E-state index is 5.60. The molecule has 2 aromatic heterocycles. The zero-order valence-electron chi connectivity index (χ0n) is 14.3. The number of hydrogen-bond donors (Lipinski definition) is 0. The number of benzene rings is 1. The second-order valence-corrected chi connectivity index (χ2v) is 6.18. The minimum atomic E-state index is -0.284. The van der Waals surface area contributed by atoms with Crippen molar-refractivity contribution in [3.05, 3.63) is 53.2 Å². The Morgan fingerprint density at radius 3 is 2.88 bits per heavy atom. The molecule has 7 heteroatoms. The molecule has 3 heterocycles. The molecule has 0 unspecified atom stereocenters. The van der Waals surface area contributed by atoms with Crippen LogP contribution in [0, 0.1) is 13.8 Å². The molecule has 130 valence electrons. The molecule has 1 aliphatic rings. The van der Waals surface area contributed by atoms with E-state index in [0.717, 1.165) is 22.5 Å². The molecule has 0 amide bonds. The second-order valence-electron chi connectivity index (χ2n) is 6.18. The first-order valence-corrected chi connectivity index (χ1v) is 8.32. The van der Waals surface area contributed by atoms with Crippen LogP contribution in [0.4, 0.5) is 0 Å². The number of rotatable bonds is 4. The molecular weight excluding hydrogens is 320 g/mol. The molecule has 1 saturated heterocycles. The van der Waals surface area contributed by atoms with E-state index in [1.165, 1.54) is 0 Å². The van der Waals surface area contributed by atoms with E-state index in [1.54, 1.807) is 0 Å². The largest absolute Gasteiger partial charge is 0.376 e. The normalized spacial score (nSPS) is 17.8. The summed E-state index contributed by atoms with van der Waals surface area (Å²) in [5.74, 6) is 1.01. The fraction of sp³-hybridized carbons (Fsp3) is 0.389. The van der Waals surface area contributed by atoms with E-state index in [2.05, 4.69) is 40.4 Å². The maximum absolute atomic E-state index is 5.60. The van der Waals surface area contributed by atoms with Crippen LogP contribution < -0.4 is 0 Å². The van der Waals surface area contributed by atoms with Gasteiger partial charge in [-0.2, -0.15) is 10.1 Å². The quantitative estimate of drug-likeness (QED) is 0.727. The Bertz CT molecular complexity index is 865. The van der Waals surface area contributed by atoms with Gasteiger partial charge in [0.1, 0.15) is 0 Å². The molecule has 0 N–H and O–H groups in total. The highest BCUT2D eigenvalue weighted by Gasteiger charge is 2.23. The predicted molar refractivity (Wildman–Crippen MR) is 90.0 cm³/mol. The minimum Gasteiger partial charge on any atom is -0.376 e. The SMILES string of the molecule is Cc1cc(C)n(Cc2cccc(-c3noc([C@@H]4COCCO4)n3)c2)n1. The van der Waals surface area contributed by atoms with Gasteiger partial charge in [0.15, 0.2) is 6.10 Å². The fourth-order valence-electron chi connectivity index (χ4n) is 2.93. The molecule has 1 atom stereocenters. The van der Waals surface area contributed by atoms with E-state index in [0.29, 0.717) is 38.1 Å². The van der Waals surface area contributed by atoms with Gasteiger partial charge < -0.3 is 14.0 Å². The molecule has 0 bridgehead atoms. The van der Waals surface area contributed by atoms with Gasteiger partial charge in [0.25, 0.3) is 5.89 Å². The minimum absolute atomic E-state index is 0.284. The van der Waals surface area contributed by atoms with Gasteiger partial charge in [-0.05, 0) is 31.5 Å². The van der Waals surface area contributed by atoms with Gasteiger partial charge in [-0.3, -0.25) is 4.68 Å². The van der Waals surface area contributed by atoms with Crippen LogP contribution in [0.1, 0.15) is 28.9 Å². The van der Waals surface area contributed by atoms with Crippen molar-refractivity contribution in [2.24, 2.45) is 0 Å². The molecule has 0 spiro atoms. The summed E-state index contributed by atoms with van der Waals surface area (Å²) < 4.78 is 18.3. The zero-order chi connectivity index (χ0) is 17.2. The Morgan fingerprint density at radius 2 is 2.12 bits per heavy atom. The van der Waals surface area contributed by atoms with Crippen LogP contribution in [-0.2, 0) is 16.0 Å². The molecule has 4 rings (SSSR count). The Labute approximate surface area is 145 Å². The fourth-order valence-corrected chi connectivity index (χ4v) is 2.93. The Kier molecular flexibility index (Phi) is 4.33. The summed E-state index contributed by atoms with van der Waals surface area (Å²) in [6, 6.07) is 10.2. The van der Waals surface area contributed by atoms with Crippen LogP contribution in [0.5, 0.6) is 0 Å². The topological polar surface area (TPSA) is 75.2 Å². The highest BCUT2D eigenvalue weighted by molar-refractivity contribution is 5.55. The van der Waals surface area contributed by atoms with Gasteiger partial charge in [-0.1, -0.05) is 23.4 Å². The third kappa shape index (κ3) is 3.47. The third-order valence-corrected chi connectivity index (χ3v) is 4.15. The first-order chi connectivity index (χ1) is 12.2. The average Bonchev–Trinajstić information content (AvgIpc) is 3.23. The Balaban J connectivity index is 1.55. The first-order valence-electron chi connectivity index (χ1n) is 8.32. The Morgan fingerprint density at radius 1 is 1.20 bits per heavy atom. The van der Waals surface area contributed by atoms with Crippen molar-refractivity contribution >= 4 is 0 Å². The Hall–Kier alpha value is -2.51. The van der Waals surface area contributed by atoms with E-state index in [4.69, 9.17) is 14.0 Å². The lowest BCUT2D eigenvalue weighted by Gasteiger charge is -2.19. The summed E-state index contributed by atoms with van der Waals surface area (Å²) in [7, 11) is 0. The van der Waals surface area contributed by atoms with Crippen molar-refractivity contribution in [3.63, 3.8) is 0 Å². The molecule has 1 aromatic carbocycles. The van der Waals surface area contributed by atoms with E-state index in [1.807, 2.05) is 23.7 Å². The predicted octanol–water partition coefficient (Wildman–Crippen LogP) is 2.69. The molecule has 0 radical (unpaired) electrons. The maximum Gasteiger partial charge on any atom is 0.258 e. The number of nitrogens with zero attached hydrogens (tertiary/aromatic N) is 4. The van der Waals surface area contributed by atoms with Crippen LogP contribution in [0.2, 0.25) is 0 Å². The van der Waals surface area contributed by atoms with Crippen LogP contribution in [0.25, 0.3) is 11.4 Å². The second kappa shape index (κ2) is 6.78. The average molecular weight is 340 g/mol. The van der Waals surface area contributed by atoms with Gasteiger partial charge in [0.2, 0.25) is 5.82 Å². The standard InChI is InChI=1S/C18H20N4O3/c1-12-8-13(2)22(20-12)10-14-4-3-5-15(9-14)17-19-18(25-21-17)16-11-23-6-7-24-16/h3-5,8-9,16H,6-7,10-11H2,1-2H3/t16-/m0/s1. The van der Waals surface area contributed by atoms with Crippen molar-refractivity contribution in [3.8, 4) is 11.4 Å². The molecule has 7 nitrogen and oxygen atoms in total. The lowest BCUT2D eigenvalue weighted by atomic mass is 10.1. The van der Waals surface area contributed by atoms with E-state index < -0.39 is 0 Å². The summed E-state index contributed by atoms with van der Waals surface area (Å²) in [6.45, 7) is 6.35. The number of hydrogen-bond acceptors (Lipinski definition) is 6. The van der Waals surface area contributed by atoms with Gasteiger partial charge in [0.05, 0.1) is 32.1 Å². The van der Waals surface area contributed by atoms with Gasteiger partial charge in [-0.15, -0.1) is 0 Å². The van der Waals surface area contributed by atoms with E-state index in [9.17, 15) is 0 Å². The zero-order valence-corrected chi connectivity index (χ0v) is 14.3. The molecule has 0 saturated carbocycles. The molecule has 3 aromatic rings. The third-order valence-electron chi connectivity index (χ3n) is 4.15. The van der Waals surface area contributed by atoms with Crippen molar-refractivity contribution in [2.45, 2.75) is 26.5 Å². The summed E-state index contributed by atoms with van der Waals surface area (Å²) in [5, 5.41) is 8.60. The smallest absolute Gasteiger partial charge is 0.258 e. The monoisotopic (exact) mass is 340 g/mol. The van der Waals surface area contributed by atoms with Crippen molar-refractivity contribution in [2.75, 3.05) is 19.8 Å². The van der Waals surface area contributed by atoms with Crippen molar-refractivity contribution < 1.29 is 14.0 Å². The summed E-state index contributed by atoms with van der Waals surface area (Å²) in [4.78, 5) is 4.47. The van der Waals surface area contributed by atoms with Crippen LogP contribution in [-0.4, -0.2) is 39.7 Å².